The van der Waals surface area contributed by atoms with Crippen molar-refractivity contribution in [3.05, 3.63) is 72.9 Å². The van der Waals surface area contributed by atoms with Crippen molar-refractivity contribution in [2.75, 3.05) is 6.61 Å². The van der Waals surface area contributed by atoms with Crippen LogP contribution in [0.15, 0.2) is 77.8 Å². The number of hydrogen-bond donors (Lipinski definition) is 1. The number of aromatic nitrogens is 1. The average molecular weight is 478 g/mol. The maximum absolute atomic E-state index is 13.5. The molecule has 1 aromatic heterocycles. The highest BCUT2D eigenvalue weighted by molar-refractivity contribution is 7.90. The van der Waals surface area contributed by atoms with E-state index in [0.29, 0.717) is 16.3 Å². The Labute approximate surface area is 186 Å². The Hall–Kier alpha value is -3.57. The van der Waals surface area contributed by atoms with Crippen molar-refractivity contribution >= 4 is 37.7 Å². The number of hydrogen-bond acceptors (Lipinski definition) is 6. The first kappa shape index (κ1) is 22.6. The van der Waals surface area contributed by atoms with Crippen molar-refractivity contribution < 1.29 is 35.9 Å². The molecule has 3 aromatic carbocycles. The van der Waals surface area contributed by atoms with Gasteiger partial charge in [-0.3, -0.25) is 5.73 Å². The number of nitrogens with zero attached hydrogens (tertiary/aromatic N) is 1. The lowest BCUT2D eigenvalue weighted by atomic mass is 10.1. The molecule has 11 heteroatoms. The molecule has 1 unspecified atom stereocenters. The van der Waals surface area contributed by atoms with Gasteiger partial charge in [-0.2, -0.15) is 13.2 Å². The first-order chi connectivity index (χ1) is 15.6. The SMILES string of the molecule is NC(COc1cccc2c1ccn2S(=O)(=O)c1cccc2ccccc12)OC(=O)C(F)(F)F. The number of halogens is 3. The van der Waals surface area contributed by atoms with E-state index < -0.39 is 35.0 Å². The molecule has 0 aliphatic rings. The highest BCUT2D eigenvalue weighted by Gasteiger charge is 2.42. The van der Waals surface area contributed by atoms with Crippen LogP contribution < -0.4 is 10.5 Å². The lowest BCUT2D eigenvalue weighted by Gasteiger charge is -2.16. The number of benzene rings is 3. The molecule has 1 heterocycles. The van der Waals surface area contributed by atoms with Crippen LogP contribution in [-0.2, 0) is 19.6 Å². The van der Waals surface area contributed by atoms with Crippen LogP contribution in [-0.4, -0.2) is 37.4 Å². The van der Waals surface area contributed by atoms with Crippen LogP contribution in [0.25, 0.3) is 21.7 Å². The number of carbonyl (C=O) groups is 1. The van der Waals surface area contributed by atoms with Crippen molar-refractivity contribution in [1.82, 2.24) is 3.97 Å². The molecule has 0 aliphatic heterocycles. The largest absolute Gasteiger partial charge is 0.490 e. The fraction of sp³-hybridized carbons (Fsp3) is 0.136. The Balaban J connectivity index is 1.64. The molecular weight excluding hydrogens is 461 g/mol. The lowest BCUT2D eigenvalue weighted by Crippen LogP contribution is -2.38. The van der Waals surface area contributed by atoms with Crippen LogP contribution >= 0.6 is 0 Å². The summed E-state index contributed by atoms with van der Waals surface area (Å²) in [5.74, 6) is -2.26. The minimum absolute atomic E-state index is 0.116. The molecule has 0 fully saturated rings. The quantitative estimate of drug-likeness (QED) is 0.334. The van der Waals surface area contributed by atoms with Gasteiger partial charge in [0, 0.05) is 17.0 Å². The van der Waals surface area contributed by atoms with Crippen LogP contribution in [0, 0.1) is 0 Å². The van der Waals surface area contributed by atoms with Gasteiger partial charge in [-0.25, -0.2) is 17.2 Å². The van der Waals surface area contributed by atoms with Gasteiger partial charge in [-0.15, -0.1) is 0 Å². The Morgan fingerprint density at radius 3 is 2.42 bits per heavy atom. The molecule has 33 heavy (non-hydrogen) atoms. The molecule has 0 bridgehead atoms. The Bertz CT molecular complexity index is 1440. The van der Waals surface area contributed by atoms with Crippen molar-refractivity contribution in [1.29, 1.82) is 0 Å². The summed E-state index contributed by atoms with van der Waals surface area (Å²) in [5, 5.41) is 1.71. The molecule has 0 aliphatic carbocycles. The Morgan fingerprint density at radius 1 is 0.970 bits per heavy atom. The molecule has 0 saturated heterocycles. The van der Waals surface area contributed by atoms with E-state index in [2.05, 4.69) is 4.74 Å². The highest BCUT2D eigenvalue weighted by atomic mass is 32.2. The Morgan fingerprint density at radius 2 is 1.67 bits per heavy atom. The van der Waals surface area contributed by atoms with Crippen molar-refractivity contribution in [2.24, 2.45) is 5.73 Å². The molecule has 2 N–H and O–H groups in total. The second kappa shape index (κ2) is 8.41. The van der Waals surface area contributed by atoms with Crippen molar-refractivity contribution in [3.63, 3.8) is 0 Å². The number of fused-ring (bicyclic) bond motifs is 2. The van der Waals surface area contributed by atoms with E-state index in [0.717, 1.165) is 9.36 Å². The third kappa shape index (κ3) is 4.37. The van der Waals surface area contributed by atoms with Gasteiger partial charge in [0.2, 0.25) is 0 Å². The normalized spacial score (nSPS) is 13.2. The third-order valence-corrected chi connectivity index (χ3v) is 6.58. The molecule has 1 atom stereocenters. The maximum atomic E-state index is 13.5. The minimum Gasteiger partial charge on any atom is -0.488 e. The molecule has 4 rings (SSSR count). The summed E-state index contributed by atoms with van der Waals surface area (Å²) in [6.45, 7) is -0.567. The zero-order chi connectivity index (χ0) is 23.8. The van der Waals surface area contributed by atoms with Crippen LogP contribution in [0.3, 0.4) is 0 Å². The molecule has 4 aromatic rings. The number of nitrogens with two attached hydrogens (primary N) is 1. The molecular formula is C22H17F3N2O5S. The van der Waals surface area contributed by atoms with Gasteiger partial charge in [0.25, 0.3) is 10.0 Å². The predicted octanol–water partition coefficient (Wildman–Crippen LogP) is 3.80. The first-order valence-corrected chi connectivity index (χ1v) is 11.0. The number of esters is 1. The van der Waals surface area contributed by atoms with Gasteiger partial charge in [-0.1, -0.05) is 42.5 Å². The second-order valence-electron chi connectivity index (χ2n) is 7.04. The molecule has 172 valence electrons. The van der Waals surface area contributed by atoms with Crippen LogP contribution in [0.2, 0.25) is 0 Å². The predicted molar refractivity (Wildman–Crippen MR) is 114 cm³/mol. The van der Waals surface area contributed by atoms with Gasteiger partial charge < -0.3 is 9.47 Å². The van der Waals surface area contributed by atoms with Crippen LogP contribution in [0.1, 0.15) is 0 Å². The summed E-state index contributed by atoms with van der Waals surface area (Å²) in [7, 11) is -3.99. The molecule has 7 nitrogen and oxygen atoms in total. The summed E-state index contributed by atoms with van der Waals surface area (Å²) in [6.07, 6.45) is -5.49. The monoisotopic (exact) mass is 478 g/mol. The molecule has 0 saturated carbocycles. The number of carbonyl (C=O) groups excluding carboxylic acids is 1. The van der Waals surface area contributed by atoms with Gasteiger partial charge in [0.05, 0.1) is 10.4 Å². The number of alkyl halides is 3. The van der Waals surface area contributed by atoms with E-state index in [1.807, 2.05) is 18.2 Å². The van der Waals surface area contributed by atoms with E-state index in [1.54, 1.807) is 24.3 Å². The van der Waals surface area contributed by atoms with Gasteiger partial charge in [0.1, 0.15) is 12.4 Å². The van der Waals surface area contributed by atoms with E-state index in [4.69, 9.17) is 10.5 Å². The zero-order valence-electron chi connectivity index (χ0n) is 16.8. The maximum Gasteiger partial charge on any atom is 0.490 e. The average Bonchev–Trinajstić information content (AvgIpc) is 3.22. The second-order valence-corrected chi connectivity index (χ2v) is 8.82. The Kier molecular flexibility index (Phi) is 5.76. The van der Waals surface area contributed by atoms with Crippen molar-refractivity contribution in [3.8, 4) is 5.75 Å². The van der Waals surface area contributed by atoms with Crippen LogP contribution in [0.4, 0.5) is 13.2 Å². The molecule has 0 radical (unpaired) electrons. The standard InChI is InChI=1S/C22H17F3N2O5S/c23-22(24,25)21(28)32-20(26)13-31-18-9-4-8-17-16(18)11-12-27(17)33(29,30)19-10-3-6-14-5-1-2-7-15(14)19/h1-12,20H,13,26H2. The fourth-order valence-corrected chi connectivity index (χ4v) is 4.95. The van der Waals surface area contributed by atoms with E-state index in [9.17, 15) is 26.4 Å². The van der Waals surface area contributed by atoms with E-state index >= 15 is 0 Å². The highest BCUT2D eigenvalue weighted by Crippen LogP contribution is 2.31. The lowest BCUT2D eigenvalue weighted by molar-refractivity contribution is -0.205. The number of rotatable bonds is 6. The summed E-state index contributed by atoms with van der Waals surface area (Å²) < 4.78 is 74.4. The molecule has 0 spiro atoms. The number of ether oxygens (including phenoxy) is 2. The minimum atomic E-state index is -5.18. The van der Waals surface area contributed by atoms with E-state index in [-0.39, 0.29) is 10.6 Å². The van der Waals surface area contributed by atoms with Gasteiger partial charge in [-0.05, 0) is 29.7 Å². The summed E-state index contributed by atoms with van der Waals surface area (Å²) in [5.41, 5.74) is 5.69. The van der Waals surface area contributed by atoms with Gasteiger partial charge >= 0.3 is 12.1 Å². The van der Waals surface area contributed by atoms with Crippen LogP contribution in [0.5, 0.6) is 5.75 Å². The topological polar surface area (TPSA) is 101 Å². The third-order valence-electron chi connectivity index (χ3n) is 4.84. The fourth-order valence-electron chi connectivity index (χ4n) is 3.39. The van der Waals surface area contributed by atoms with E-state index in [1.165, 1.54) is 30.5 Å². The summed E-state index contributed by atoms with van der Waals surface area (Å²) >= 11 is 0. The first-order valence-electron chi connectivity index (χ1n) is 9.58. The summed E-state index contributed by atoms with van der Waals surface area (Å²) in [6, 6.07) is 18.1. The van der Waals surface area contributed by atoms with Crippen molar-refractivity contribution in [2.45, 2.75) is 17.3 Å². The smallest absolute Gasteiger partial charge is 0.488 e. The molecule has 0 amide bonds. The van der Waals surface area contributed by atoms with Gasteiger partial charge in [0.15, 0.2) is 6.23 Å². The zero-order valence-corrected chi connectivity index (χ0v) is 17.6. The summed E-state index contributed by atoms with van der Waals surface area (Å²) in [4.78, 5) is 11.0.